The van der Waals surface area contributed by atoms with Gasteiger partial charge in [-0.15, -0.1) is 0 Å². The Morgan fingerprint density at radius 2 is 1.94 bits per heavy atom. The van der Waals surface area contributed by atoms with E-state index in [2.05, 4.69) is 11.8 Å². The first kappa shape index (κ1) is 13.3. The van der Waals surface area contributed by atoms with Crippen LogP contribution >= 0.6 is 0 Å². The largest absolute Gasteiger partial charge is 0.295 e. The molecule has 0 amide bonds. The molecule has 1 aromatic rings. The van der Waals surface area contributed by atoms with Gasteiger partial charge in [0.25, 0.3) is 0 Å². The highest BCUT2D eigenvalue weighted by atomic mass is 32.2. The number of rotatable bonds is 5. The summed E-state index contributed by atoms with van der Waals surface area (Å²) in [6.45, 7) is 4.42. The monoisotopic (exact) mass is 265 g/mol. The molecule has 0 fully saturated rings. The van der Waals surface area contributed by atoms with Gasteiger partial charge in [0, 0.05) is 13.1 Å². The van der Waals surface area contributed by atoms with E-state index in [4.69, 9.17) is 0 Å². The zero-order chi connectivity index (χ0) is 13.0. The lowest BCUT2D eigenvalue weighted by molar-refractivity contribution is 0.343. The highest BCUT2D eigenvalue weighted by molar-refractivity contribution is 7.95. The van der Waals surface area contributed by atoms with E-state index in [0.29, 0.717) is 16.3 Å². The number of hydrogen-bond acceptors (Lipinski definition) is 3. The van der Waals surface area contributed by atoms with E-state index in [1.54, 1.807) is 24.3 Å². The van der Waals surface area contributed by atoms with Crippen LogP contribution in [0.2, 0.25) is 0 Å². The minimum absolute atomic E-state index is 0.397. The average molecular weight is 265 g/mol. The van der Waals surface area contributed by atoms with Crippen LogP contribution < -0.4 is 0 Å². The molecule has 98 valence electrons. The molecular weight excluding hydrogens is 246 g/mol. The van der Waals surface area contributed by atoms with E-state index < -0.39 is 9.84 Å². The van der Waals surface area contributed by atoms with Crippen molar-refractivity contribution < 1.29 is 8.42 Å². The van der Waals surface area contributed by atoms with Crippen LogP contribution in [0, 0.1) is 0 Å². The van der Waals surface area contributed by atoms with Gasteiger partial charge in [-0.2, -0.15) is 0 Å². The lowest BCUT2D eigenvalue weighted by atomic mass is 10.3. The van der Waals surface area contributed by atoms with Crippen LogP contribution in [0.15, 0.2) is 46.2 Å². The molecule has 0 unspecified atom stereocenters. The molecule has 1 heterocycles. The van der Waals surface area contributed by atoms with Crippen molar-refractivity contribution in [3.8, 4) is 0 Å². The van der Waals surface area contributed by atoms with Crippen LogP contribution in [-0.4, -0.2) is 33.0 Å². The van der Waals surface area contributed by atoms with Crippen LogP contribution in [0.1, 0.15) is 19.8 Å². The van der Waals surface area contributed by atoms with Gasteiger partial charge in [-0.05, 0) is 25.1 Å². The fourth-order valence-electron chi connectivity index (χ4n) is 2.08. The van der Waals surface area contributed by atoms with E-state index in [0.717, 1.165) is 25.9 Å². The zero-order valence-electron chi connectivity index (χ0n) is 10.7. The summed E-state index contributed by atoms with van der Waals surface area (Å²) < 4.78 is 24.7. The Morgan fingerprint density at radius 3 is 2.61 bits per heavy atom. The van der Waals surface area contributed by atoms with Gasteiger partial charge in [0.2, 0.25) is 9.84 Å². The second-order valence-corrected chi connectivity index (χ2v) is 6.58. The molecule has 18 heavy (non-hydrogen) atoms. The highest BCUT2D eigenvalue weighted by Crippen LogP contribution is 2.23. The molecule has 0 aliphatic carbocycles. The van der Waals surface area contributed by atoms with Crippen molar-refractivity contribution in [1.82, 2.24) is 4.90 Å². The maximum atomic E-state index is 12.4. The third kappa shape index (κ3) is 2.82. The summed E-state index contributed by atoms with van der Waals surface area (Å²) in [4.78, 5) is 3.12. The fraction of sp³-hybridized carbons (Fsp3) is 0.429. The average Bonchev–Trinajstić information content (AvgIpc) is 2.87. The molecule has 1 aromatic carbocycles. The van der Waals surface area contributed by atoms with Crippen molar-refractivity contribution >= 4 is 9.84 Å². The first-order chi connectivity index (χ1) is 8.64. The number of nitrogens with zero attached hydrogens (tertiary/aromatic N) is 1. The summed E-state index contributed by atoms with van der Waals surface area (Å²) in [7, 11) is -3.28. The maximum Gasteiger partial charge on any atom is 0.203 e. The second-order valence-electron chi connectivity index (χ2n) is 4.58. The quantitative estimate of drug-likeness (QED) is 0.820. The SMILES string of the molecule is CCCCN1CC=C(S(=O)(=O)c2ccccc2)C1. The molecule has 3 nitrogen and oxygen atoms in total. The molecule has 0 atom stereocenters. The molecule has 4 heteroatoms. The van der Waals surface area contributed by atoms with Crippen LogP contribution in [0.4, 0.5) is 0 Å². The van der Waals surface area contributed by atoms with Gasteiger partial charge in [-0.25, -0.2) is 8.42 Å². The molecule has 0 bridgehead atoms. The third-order valence-corrected chi connectivity index (χ3v) is 5.06. The molecule has 0 N–H and O–H groups in total. The van der Waals surface area contributed by atoms with Crippen molar-refractivity contribution in [2.75, 3.05) is 19.6 Å². The van der Waals surface area contributed by atoms with Crippen molar-refractivity contribution in [3.05, 3.63) is 41.3 Å². The molecule has 0 spiro atoms. The second kappa shape index (κ2) is 5.67. The van der Waals surface area contributed by atoms with E-state index in [-0.39, 0.29) is 0 Å². The zero-order valence-corrected chi connectivity index (χ0v) is 11.5. The Bertz CT molecular complexity index is 520. The Hall–Kier alpha value is -1.13. The standard InChI is InChI=1S/C14H19NO2S/c1-2-3-10-15-11-9-14(12-15)18(16,17)13-7-5-4-6-8-13/h4-9H,2-3,10-12H2,1H3. The van der Waals surface area contributed by atoms with Gasteiger partial charge in [0.05, 0.1) is 9.80 Å². The van der Waals surface area contributed by atoms with E-state index in [1.165, 1.54) is 0 Å². The molecule has 0 radical (unpaired) electrons. The smallest absolute Gasteiger partial charge is 0.203 e. The van der Waals surface area contributed by atoms with E-state index in [9.17, 15) is 8.42 Å². The Kier molecular flexibility index (Phi) is 4.19. The molecule has 0 aromatic heterocycles. The Morgan fingerprint density at radius 1 is 1.22 bits per heavy atom. The molecule has 1 aliphatic rings. The first-order valence-corrected chi connectivity index (χ1v) is 7.84. The summed E-state index contributed by atoms with van der Waals surface area (Å²) in [6.07, 6.45) is 4.10. The van der Waals surface area contributed by atoms with E-state index in [1.807, 2.05) is 12.1 Å². The molecule has 0 saturated heterocycles. The predicted octanol–water partition coefficient (Wildman–Crippen LogP) is 2.46. The summed E-state index contributed by atoms with van der Waals surface area (Å²) in [5, 5.41) is 0. The van der Waals surface area contributed by atoms with Gasteiger partial charge in [-0.3, -0.25) is 4.90 Å². The van der Waals surface area contributed by atoms with Crippen molar-refractivity contribution in [2.24, 2.45) is 0 Å². The predicted molar refractivity (Wildman–Crippen MR) is 73.1 cm³/mol. The lowest BCUT2D eigenvalue weighted by Gasteiger charge is -2.15. The third-order valence-electron chi connectivity index (χ3n) is 3.18. The Labute approximate surface area is 109 Å². The lowest BCUT2D eigenvalue weighted by Crippen LogP contribution is -2.23. The molecular formula is C14H19NO2S. The van der Waals surface area contributed by atoms with Crippen molar-refractivity contribution in [3.63, 3.8) is 0 Å². The van der Waals surface area contributed by atoms with Crippen molar-refractivity contribution in [2.45, 2.75) is 24.7 Å². The summed E-state index contributed by atoms with van der Waals surface area (Å²) in [5.41, 5.74) is 0. The molecule has 2 rings (SSSR count). The molecule has 0 saturated carbocycles. The van der Waals surface area contributed by atoms with Crippen LogP contribution in [0.5, 0.6) is 0 Å². The summed E-state index contributed by atoms with van der Waals surface area (Å²) >= 11 is 0. The van der Waals surface area contributed by atoms with E-state index >= 15 is 0 Å². The summed E-state index contributed by atoms with van der Waals surface area (Å²) in [5.74, 6) is 0. The number of hydrogen-bond donors (Lipinski definition) is 0. The van der Waals surface area contributed by atoms with Gasteiger partial charge in [0.1, 0.15) is 0 Å². The number of sulfone groups is 1. The highest BCUT2D eigenvalue weighted by Gasteiger charge is 2.25. The summed E-state index contributed by atoms with van der Waals surface area (Å²) in [6, 6.07) is 8.67. The normalized spacial score (nSPS) is 16.8. The first-order valence-electron chi connectivity index (χ1n) is 6.36. The van der Waals surface area contributed by atoms with Crippen LogP contribution in [-0.2, 0) is 9.84 Å². The van der Waals surface area contributed by atoms with Gasteiger partial charge in [0.15, 0.2) is 0 Å². The Balaban J connectivity index is 2.10. The van der Waals surface area contributed by atoms with Gasteiger partial charge < -0.3 is 0 Å². The topological polar surface area (TPSA) is 37.4 Å². The molecule has 1 aliphatic heterocycles. The van der Waals surface area contributed by atoms with Gasteiger partial charge >= 0.3 is 0 Å². The van der Waals surface area contributed by atoms with Crippen molar-refractivity contribution in [1.29, 1.82) is 0 Å². The number of unbranched alkanes of at least 4 members (excludes halogenated alkanes) is 1. The maximum absolute atomic E-state index is 12.4. The number of benzene rings is 1. The van der Waals surface area contributed by atoms with Crippen LogP contribution in [0.3, 0.4) is 0 Å². The van der Waals surface area contributed by atoms with Gasteiger partial charge in [-0.1, -0.05) is 37.6 Å². The van der Waals surface area contributed by atoms with Crippen LogP contribution in [0.25, 0.3) is 0 Å². The minimum Gasteiger partial charge on any atom is -0.295 e. The fourth-order valence-corrected chi connectivity index (χ4v) is 3.54. The minimum atomic E-state index is -3.28.